The number of rotatable bonds is 5. The van der Waals surface area contributed by atoms with Gasteiger partial charge in [-0.15, -0.1) is 0 Å². The summed E-state index contributed by atoms with van der Waals surface area (Å²) in [5, 5.41) is 3.95. The number of benzene rings is 1. The second kappa shape index (κ2) is 5.69. The van der Waals surface area contributed by atoms with Gasteiger partial charge >= 0.3 is 0 Å². The number of nitrogens with one attached hydrogen (secondary N) is 2. The molecule has 0 aliphatic heterocycles. The van der Waals surface area contributed by atoms with E-state index < -0.39 is 6.04 Å². The Kier molecular flexibility index (Phi) is 3.99. The van der Waals surface area contributed by atoms with Gasteiger partial charge in [-0.05, 0) is 24.5 Å². The number of aromatic amines is 1. The van der Waals surface area contributed by atoms with Crippen LogP contribution in [0.5, 0.6) is 0 Å². The van der Waals surface area contributed by atoms with Crippen molar-refractivity contribution < 1.29 is 4.79 Å². The number of nitrogens with two attached hydrogens (primary N) is 1. The fraction of sp³-hybridized carbons (Fsp3) is 0.357. The summed E-state index contributed by atoms with van der Waals surface area (Å²) >= 11 is 0. The van der Waals surface area contributed by atoms with Gasteiger partial charge < -0.3 is 16.0 Å². The number of amides is 1. The van der Waals surface area contributed by atoms with Crippen LogP contribution in [0.1, 0.15) is 18.9 Å². The molecule has 0 saturated carbocycles. The highest BCUT2D eigenvalue weighted by molar-refractivity contribution is 5.86. The lowest BCUT2D eigenvalue weighted by Gasteiger charge is -2.11. The van der Waals surface area contributed by atoms with Crippen molar-refractivity contribution in [2.45, 2.75) is 25.8 Å². The van der Waals surface area contributed by atoms with Gasteiger partial charge in [-0.2, -0.15) is 0 Å². The van der Waals surface area contributed by atoms with Gasteiger partial charge in [0.15, 0.2) is 0 Å². The second-order valence-electron chi connectivity index (χ2n) is 4.46. The predicted molar refractivity (Wildman–Crippen MR) is 73.3 cm³/mol. The van der Waals surface area contributed by atoms with Crippen LogP contribution in [-0.2, 0) is 11.2 Å². The lowest BCUT2D eigenvalue weighted by atomic mass is 10.1. The molecule has 0 aliphatic carbocycles. The molecule has 0 spiro atoms. The molecule has 0 aliphatic rings. The van der Waals surface area contributed by atoms with Crippen molar-refractivity contribution in [1.29, 1.82) is 0 Å². The van der Waals surface area contributed by atoms with Crippen LogP contribution in [0.2, 0.25) is 0 Å². The largest absolute Gasteiger partial charge is 0.361 e. The number of para-hydroxylation sites is 1. The SMILES string of the molecule is CCCNC(=O)[C@H](N)Cc1c[nH]c2ccccc12. The van der Waals surface area contributed by atoms with Crippen molar-refractivity contribution in [3.8, 4) is 0 Å². The van der Waals surface area contributed by atoms with Gasteiger partial charge in [0.1, 0.15) is 0 Å². The summed E-state index contributed by atoms with van der Waals surface area (Å²) in [5.41, 5.74) is 8.08. The highest BCUT2D eigenvalue weighted by Crippen LogP contribution is 2.18. The van der Waals surface area contributed by atoms with E-state index in [0.29, 0.717) is 13.0 Å². The van der Waals surface area contributed by atoms with Crippen LogP contribution >= 0.6 is 0 Å². The maximum absolute atomic E-state index is 11.7. The third-order valence-corrected chi connectivity index (χ3v) is 3.00. The fourth-order valence-corrected chi connectivity index (χ4v) is 2.01. The lowest BCUT2D eigenvalue weighted by Crippen LogP contribution is -2.42. The molecule has 1 heterocycles. The van der Waals surface area contributed by atoms with Crippen molar-refractivity contribution in [3.63, 3.8) is 0 Å². The minimum absolute atomic E-state index is 0.0814. The van der Waals surface area contributed by atoms with E-state index in [4.69, 9.17) is 5.73 Å². The minimum Gasteiger partial charge on any atom is -0.361 e. The number of carbonyl (C=O) groups excluding carboxylic acids is 1. The number of fused-ring (bicyclic) bond motifs is 1. The zero-order chi connectivity index (χ0) is 13.0. The topological polar surface area (TPSA) is 70.9 Å². The third kappa shape index (κ3) is 2.71. The first-order valence-corrected chi connectivity index (χ1v) is 6.30. The number of H-pyrrole nitrogens is 1. The molecule has 18 heavy (non-hydrogen) atoms. The maximum Gasteiger partial charge on any atom is 0.237 e. The highest BCUT2D eigenvalue weighted by atomic mass is 16.2. The molecule has 1 atom stereocenters. The van der Waals surface area contributed by atoms with Crippen LogP contribution in [0, 0.1) is 0 Å². The van der Waals surface area contributed by atoms with Gasteiger partial charge in [0.05, 0.1) is 6.04 Å². The lowest BCUT2D eigenvalue weighted by molar-refractivity contribution is -0.122. The van der Waals surface area contributed by atoms with E-state index in [9.17, 15) is 4.79 Å². The Bertz CT molecular complexity index is 533. The van der Waals surface area contributed by atoms with Crippen LogP contribution in [0.3, 0.4) is 0 Å². The zero-order valence-corrected chi connectivity index (χ0v) is 10.6. The van der Waals surface area contributed by atoms with Crippen LogP contribution in [0.15, 0.2) is 30.5 Å². The molecule has 0 bridgehead atoms. The van der Waals surface area contributed by atoms with E-state index in [0.717, 1.165) is 22.9 Å². The first-order chi connectivity index (χ1) is 8.72. The fourth-order valence-electron chi connectivity index (χ4n) is 2.01. The number of aromatic nitrogens is 1. The Morgan fingerprint density at radius 3 is 3.00 bits per heavy atom. The molecule has 1 amide bonds. The first-order valence-electron chi connectivity index (χ1n) is 6.30. The third-order valence-electron chi connectivity index (χ3n) is 3.00. The second-order valence-corrected chi connectivity index (χ2v) is 4.46. The van der Waals surface area contributed by atoms with E-state index in [2.05, 4.69) is 10.3 Å². The first kappa shape index (κ1) is 12.6. The molecule has 0 fully saturated rings. The van der Waals surface area contributed by atoms with Gasteiger partial charge in [0.25, 0.3) is 0 Å². The minimum atomic E-state index is -0.490. The van der Waals surface area contributed by atoms with Gasteiger partial charge in [0.2, 0.25) is 5.91 Å². The van der Waals surface area contributed by atoms with Gasteiger partial charge in [-0.3, -0.25) is 4.79 Å². The molecule has 0 radical (unpaired) electrons. The normalized spacial score (nSPS) is 12.6. The Balaban J connectivity index is 2.07. The van der Waals surface area contributed by atoms with E-state index in [1.54, 1.807) is 0 Å². The van der Waals surface area contributed by atoms with E-state index in [-0.39, 0.29) is 5.91 Å². The van der Waals surface area contributed by atoms with E-state index in [1.165, 1.54) is 0 Å². The number of carbonyl (C=O) groups is 1. The molecule has 2 aromatic rings. The summed E-state index contributed by atoms with van der Waals surface area (Å²) in [6.45, 7) is 2.70. The molecule has 1 aromatic carbocycles. The molecule has 4 nitrogen and oxygen atoms in total. The van der Waals surface area contributed by atoms with Crippen LogP contribution < -0.4 is 11.1 Å². The molecule has 96 valence electrons. The molecule has 4 heteroatoms. The molecule has 4 N–H and O–H groups in total. The van der Waals surface area contributed by atoms with Crippen LogP contribution in [-0.4, -0.2) is 23.5 Å². The summed E-state index contributed by atoms with van der Waals surface area (Å²) in [6.07, 6.45) is 3.41. The molecular formula is C14H19N3O. The molecular weight excluding hydrogens is 226 g/mol. The standard InChI is InChI=1S/C14H19N3O/c1-2-7-16-14(18)12(15)8-10-9-17-13-6-4-3-5-11(10)13/h3-6,9,12,17H,2,7-8,15H2,1H3,(H,16,18)/t12-/m1/s1. The molecule has 0 unspecified atom stereocenters. The quantitative estimate of drug-likeness (QED) is 0.748. The average molecular weight is 245 g/mol. The maximum atomic E-state index is 11.7. The average Bonchev–Trinajstić information content (AvgIpc) is 2.79. The van der Waals surface area contributed by atoms with E-state index in [1.807, 2.05) is 37.4 Å². The summed E-state index contributed by atoms with van der Waals surface area (Å²) in [7, 11) is 0. The monoisotopic (exact) mass is 245 g/mol. The van der Waals surface area contributed by atoms with Gasteiger partial charge in [-0.25, -0.2) is 0 Å². The molecule has 1 aromatic heterocycles. The zero-order valence-electron chi connectivity index (χ0n) is 10.6. The van der Waals surface area contributed by atoms with Crippen molar-refractivity contribution in [3.05, 3.63) is 36.0 Å². The van der Waals surface area contributed by atoms with Gasteiger partial charge in [0, 0.05) is 23.6 Å². The number of hydrogen-bond donors (Lipinski definition) is 3. The van der Waals surface area contributed by atoms with Crippen LogP contribution in [0.25, 0.3) is 10.9 Å². The van der Waals surface area contributed by atoms with E-state index >= 15 is 0 Å². The number of hydrogen-bond acceptors (Lipinski definition) is 2. The summed E-state index contributed by atoms with van der Waals surface area (Å²) in [5.74, 6) is -0.0814. The van der Waals surface area contributed by atoms with Crippen molar-refractivity contribution >= 4 is 16.8 Å². The predicted octanol–water partition coefficient (Wildman–Crippen LogP) is 1.56. The Hall–Kier alpha value is -1.81. The van der Waals surface area contributed by atoms with Crippen molar-refractivity contribution in [2.24, 2.45) is 5.73 Å². The van der Waals surface area contributed by atoms with Crippen molar-refractivity contribution in [1.82, 2.24) is 10.3 Å². The Labute approximate surface area is 107 Å². The molecule has 2 rings (SSSR count). The molecule has 0 saturated heterocycles. The highest BCUT2D eigenvalue weighted by Gasteiger charge is 2.15. The van der Waals surface area contributed by atoms with Gasteiger partial charge in [-0.1, -0.05) is 25.1 Å². The van der Waals surface area contributed by atoms with Crippen molar-refractivity contribution in [2.75, 3.05) is 6.54 Å². The Morgan fingerprint density at radius 1 is 1.44 bits per heavy atom. The summed E-state index contributed by atoms with van der Waals surface area (Å²) < 4.78 is 0. The van der Waals surface area contributed by atoms with Crippen LogP contribution in [0.4, 0.5) is 0 Å². The summed E-state index contributed by atoms with van der Waals surface area (Å²) in [6, 6.07) is 7.54. The summed E-state index contributed by atoms with van der Waals surface area (Å²) in [4.78, 5) is 14.9. The Morgan fingerprint density at radius 2 is 2.22 bits per heavy atom. The smallest absolute Gasteiger partial charge is 0.237 e.